The Morgan fingerprint density at radius 1 is 1.00 bits per heavy atom. The highest BCUT2D eigenvalue weighted by atomic mass is 16.2. The molecule has 5 N–H and O–H groups in total. The van der Waals surface area contributed by atoms with Crippen LogP contribution in [0, 0.1) is 0 Å². The molecule has 0 fully saturated rings. The predicted octanol–water partition coefficient (Wildman–Crippen LogP) is 0.620. The third-order valence-corrected chi connectivity index (χ3v) is 3.03. The lowest BCUT2D eigenvalue weighted by Crippen LogP contribution is -2.30. The summed E-state index contributed by atoms with van der Waals surface area (Å²) in [5, 5.41) is 8.03. The van der Waals surface area contributed by atoms with Crippen LogP contribution in [-0.4, -0.2) is 37.4 Å². The second-order valence-corrected chi connectivity index (χ2v) is 4.99. The molecule has 0 aliphatic rings. The summed E-state index contributed by atoms with van der Waals surface area (Å²) in [5.74, 6) is -0.765. The maximum Gasteiger partial charge on any atom is 0.253 e. The number of hydrogen-bond donors (Lipinski definition) is 4. The van der Waals surface area contributed by atoms with Crippen molar-refractivity contribution in [2.24, 2.45) is 5.73 Å². The lowest BCUT2D eigenvalue weighted by atomic mass is 10.1. The molecule has 0 bridgehead atoms. The molecule has 0 atom stereocenters. The molecule has 7 nitrogen and oxygen atoms in total. The first kappa shape index (κ1) is 18.6. The van der Waals surface area contributed by atoms with Crippen molar-refractivity contribution in [3.05, 3.63) is 29.8 Å². The number of anilines is 1. The van der Waals surface area contributed by atoms with Crippen LogP contribution in [-0.2, 0) is 9.59 Å². The first-order chi connectivity index (χ1) is 11.1. The van der Waals surface area contributed by atoms with Crippen molar-refractivity contribution >= 4 is 23.4 Å². The van der Waals surface area contributed by atoms with Gasteiger partial charge in [0.1, 0.15) is 0 Å². The molecule has 0 aliphatic heterocycles. The van der Waals surface area contributed by atoms with E-state index < -0.39 is 0 Å². The van der Waals surface area contributed by atoms with Crippen molar-refractivity contribution < 1.29 is 14.4 Å². The van der Waals surface area contributed by atoms with E-state index in [9.17, 15) is 14.4 Å². The van der Waals surface area contributed by atoms with Crippen molar-refractivity contribution in [1.29, 1.82) is 0 Å². The van der Waals surface area contributed by atoms with E-state index in [1.54, 1.807) is 24.3 Å². The second-order valence-electron chi connectivity index (χ2n) is 4.99. The topological polar surface area (TPSA) is 113 Å². The minimum absolute atomic E-state index is 0.0638. The number of amides is 3. The highest BCUT2D eigenvalue weighted by Crippen LogP contribution is 2.15. The highest BCUT2D eigenvalue weighted by Gasteiger charge is 2.13. The standard InChI is InChI=1S/C16H24N4O3/c1-2-10-18-14(21)7-8-15(22)20-13-6-4-3-5-12(13)16(23)19-11-9-17/h3-6H,2,7-11,17H2,1H3,(H,18,21)(H,19,23)(H,20,22). The van der Waals surface area contributed by atoms with Gasteiger partial charge in [-0.25, -0.2) is 0 Å². The van der Waals surface area contributed by atoms with Gasteiger partial charge in [-0.1, -0.05) is 19.1 Å². The third kappa shape index (κ3) is 6.92. The molecule has 0 saturated heterocycles. The first-order valence-electron chi connectivity index (χ1n) is 7.72. The zero-order chi connectivity index (χ0) is 17.1. The van der Waals surface area contributed by atoms with E-state index in [1.165, 1.54) is 0 Å². The summed E-state index contributed by atoms with van der Waals surface area (Å²) in [7, 11) is 0. The summed E-state index contributed by atoms with van der Waals surface area (Å²) in [6.45, 7) is 3.26. The zero-order valence-electron chi connectivity index (χ0n) is 13.4. The molecule has 0 heterocycles. The van der Waals surface area contributed by atoms with Gasteiger partial charge < -0.3 is 21.7 Å². The molecular weight excluding hydrogens is 296 g/mol. The molecule has 1 rings (SSSR count). The molecule has 0 radical (unpaired) electrons. The van der Waals surface area contributed by atoms with Crippen LogP contribution in [0.3, 0.4) is 0 Å². The average Bonchev–Trinajstić information content (AvgIpc) is 2.56. The van der Waals surface area contributed by atoms with Crippen molar-refractivity contribution in [1.82, 2.24) is 10.6 Å². The minimum Gasteiger partial charge on any atom is -0.356 e. The van der Waals surface area contributed by atoms with Crippen LogP contribution in [0.25, 0.3) is 0 Å². The zero-order valence-corrected chi connectivity index (χ0v) is 13.4. The van der Waals surface area contributed by atoms with E-state index in [0.29, 0.717) is 30.9 Å². The number of nitrogens with one attached hydrogen (secondary N) is 3. The first-order valence-corrected chi connectivity index (χ1v) is 7.72. The van der Waals surface area contributed by atoms with Crippen LogP contribution >= 0.6 is 0 Å². The second kappa shape index (κ2) is 10.3. The Morgan fingerprint density at radius 3 is 2.39 bits per heavy atom. The Kier molecular flexibility index (Phi) is 8.38. The Morgan fingerprint density at radius 2 is 1.70 bits per heavy atom. The van der Waals surface area contributed by atoms with Gasteiger partial charge in [0, 0.05) is 32.5 Å². The van der Waals surface area contributed by atoms with Crippen LogP contribution in [0.1, 0.15) is 36.5 Å². The molecule has 7 heteroatoms. The van der Waals surface area contributed by atoms with Crippen LogP contribution < -0.4 is 21.7 Å². The summed E-state index contributed by atoms with van der Waals surface area (Å²) in [4.78, 5) is 35.4. The summed E-state index contributed by atoms with van der Waals surface area (Å²) in [5.41, 5.74) is 6.14. The molecule has 1 aromatic rings. The fraction of sp³-hybridized carbons (Fsp3) is 0.438. The number of benzene rings is 1. The summed E-state index contributed by atoms with van der Waals surface area (Å²) in [6, 6.07) is 6.70. The Hall–Kier alpha value is -2.41. The molecule has 0 saturated carbocycles. The highest BCUT2D eigenvalue weighted by molar-refractivity contribution is 6.04. The smallest absolute Gasteiger partial charge is 0.253 e. The van der Waals surface area contributed by atoms with Crippen LogP contribution in [0.2, 0.25) is 0 Å². The van der Waals surface area contributed by atoms with Crippen molar-refractivity contribution in [2.75, 3.05) is 25.0 Å². The average molecular weight is 320 g/mol. The molecule has 0 aromatic heterocycles. The van der Waals surface area contributed by atoms with E-state index in [4.69, 9.17) is 5.73 Å². The number of carbonyl (C=O) groups is 3. The number of rotatable bonds is 9. The normalized spacial score (nSPS) is 10.0. The molecule has 0 unspecified atom stereocenters. The summed E-state index contributed by atoms with van der Waals surface area (Å²) >= 11 is 0. The Balaban J connectivity index is 2.57. The SMILES string of the molecule is CCCNC(=O)CCC(=O)Nc1ccccc1C(=O)NCCN. The van der Waals surface area contributed by atoms with Gasteiger partial charge in [-0.2, -0.15) is 0 Å². The maximum atomic E-state index is 12.0. The molecular formula is C16H24N4O3. The number of carbonyl (C=O) groups excluding carboxylic acids is 3. The van der Waals surface area contributed by atoms with Gasteiger partial charge in [0.15, 0.2) is 0 Å². The summed E-state index contributed by atoms with van der Waals surface area (Å²) in [6.07, 6.45) is 1.03. The lowest BCUT2D eigenvalue weighted by molar-refractivity contribution is -0.124. The third-order valence-electron chi connectivity index (χ3n) is 3.03. The van der Waals surface area contributed by atoms with Gasteiger partial charge in [-0.05, 0) is 18.6 Å². The van der Waals surface area contributed by atoms with Gasteiger partial charge in [-0.3, -0.25) is 14.4 Å². The largest absolute Gasteiger partial charge is 0.356 e. The Labute approximate surface area is 136 Å². The quantitative estimate of drug-likeness (QED) is 0.534. The number of para-hydroxylation sites is 1. The fourth-order valence-electron chi connectivity index (χ4n) is 1.86. The van der Waals surface area contributed by atoms with Gasteiger partial charge in [-0.15, -0.1) is 0 Å². The molecule has 23 heavy (non-hydrogen) atoms. The predicted molar refractivity (Wildman–Crippen MR) is 89.0 cm³/mol. The fourth-order valence-corrected chi connectivity index (χ4v) is 1.86. The van der Waals surface area contributed by atoms with Crippen molar-refractivity contribution in [2.45, 2.75) is 26.2 Å². The number of hydrogen-bond acceptors (Lipinski definition) is 4. The minimum atomic E-state index is -0.310. The van der Waals surface area contributed by atoms with Crippen molar-refractivity contribution in [3.8, 4) is 0 Å². The molecule has 0 spiro atoms. The van der Waals surface area contributed by atoms with E-state index >= 15 is 0 Å². The van der Waals surface area contributed by atoms with Gasteiger partial charge in [0.25, 0.3) is 5.91 Å². The monoisotopic (exact) mass is 320 g/mol. The summed E-state index contributed by atoms with van der Waals surface area (Å²) < 4.78 is 0. The van der Waals surface area contributed by atoms with Gasteiger partial charge in [0.2, 0.25) is 11.8 Å². The Bertz CT molecular complexity index is 546. The van der Waals surface area contributed by atoms with Crippen LogP contribution in [0.15, 0.2) is 24.3 Å². The lowest BCUT2D eigenvalue weighted by Gasteiger charge is -2.11. The van der Waals surface area contributed by atoms with E-state index in [1.807, 2.05) is 6.92 Å². The van der Waals surface area contributed by atoms with Crippen LogP contribution in [0.5, 0.6) is 0 Å². The molecule has 126 valence electrons. The van der Waals surface area contributed by atoms with Crippen molar-refractivity contribution in [3.63, 3.8) is 0 Å². The molecule has 3 amide bonds. The molecule has 0 aliphatic carbocycles. The number of nitrogens with two attached hydrogens (primary N) is 1. The van der Waals surface area contributed by atoms with Gasteiger partial charge >= 0.3 is 0 Å². The van der Waals surface area contributed by atoms with E-state index in [-0.39, 0.29) is 30.6 Å². The van der Waals surface area contributed by atoms with E-state index in [2.05, 4.69) is 16.0 Å². The molecule has 1 aromatic carbocycles. The van der Waals surface area contributed by atoms with Crippen LogP contribution in [0.4, 0.5) is 5.69 Å². The van der Waals surface area contributed by atoms with E-state index in [0.717, 1.165) is 6.42 Å². The van der Waals surface area contributed by atoms with Gasteiger partial charge in [0.05, 0.1) is 11.3 Å². The maximum absolute atomic E-state index is 12.0.